The topological polar surface area (TPSA) is 53.4 Å². The Bertz CT molecular complexity index is 1040. The van der Waals surface area contributed by atoms with Gasteiger partial charge in [-0.2, -0.15) is 0 Å². The molecule has 0 saturated carbocycles. The van der Waals surface area contributed by atoms with Crippen LogP contribution >= 0.6 is 0 Å². The summed E-state index contributed by atoms with van der Waals surface area (Å²) in [5, 5.41) is 0.656. The van der Waals surface area contributed by atoms with Gasteiger partial charge in [0.05, 0.1) is 10.9 Å². The molecule has 0 bridgehead atoms. The molecule has 132 valence electrons. The Balaban J connectivity index is 1.75. The first-order chi connectivity index (χ1) is 12.8. The van der Waals surface area contributed by atoms with Crippen molar-refractivity contribution in [3.8, 4) is 11.5 Å². The Labute approximate surface area is 151 Å². The Hall–Kier alpha value is -3.08. The molecule has 0 unspecified atom stereocenters. The molecule has 2 aromatic carbocycles. The molecule has 0 amide bonds. The molecule has 0 spiro atoms. The number of aromatic nitrogens is 2. The summed E-state index contributed by atoms with van der Waals surface area (Å²) in [7, 11) is 0. The maximum atomic E-state index is 12.9. The summed E-state index contributed by atoms with van der Waals surface area (Å²) >= 11 is 0. The van der Waals surface area contributed by atoms with Crippen LogP contribution in [0.5, 0.6) is 11.5 Å². The molecule has 26 heavy (non-hydrogen) atoms. The minimum absolute atomic E-state index is 0.00869. The second kappa shape index (κ2) is 7.04. The summed E-state index contributed by atoms with van der Waals surface area (Å²) in [6, 6.07) is 13.2. The van der Waals surface area contributed by atoms with E-state index in [1.54, 1.807) is 4.57 Å². The van der Waals surface area contributed by atoms with E-state index in [2.05, 4.69) is 6.92 Å². The predicted molar refractivity (Wildman–Crippen MR) is 102 cm³/mol. The molecule has 0 atom stereocenters. The van der Waals surface area contributed by atoms with Gasteiger partial charge in [-0.25, -0.2) is 4.98 Å². The normalized spacial score (nSPS) is 13.0. The number of hydrogen-bond donors (Lipinski definition) is 0. The van der Waals surface area contributed by atoms with Crippen molar-refractivity contribution >= 4 is 23.1 Å². The highest BCUT2D eigenvalue weighted by Gasteiger charge is 2.13. The standard InChI is InChI=1S/C21H20N2O3/c1-2-3-12-23-20(22-17-7-5-4-6-16(17)21(23)24)11-9-15-8-10-18-19(13-15)26-14-25-18/h4-11,13H,2-3,12,14H2,1H3/b11-9+. The number of rotatable bonds is 5. The Morgan fingerprint density at radius 1 is 1.12 bits per heavy atom. The van der Waals surface area contributed by atoms with Crippen molar-refractivity contribution < 1.29 is 9.47 Å². The van der Waals surface area contributed by atoms with E-state index in [4.69, 9.17) is 14.5 Å². The first-order valence-corrected chi connectivity index (χ1v) is 8.83. The van der Waals surface area contributed by atoms with Gasteiger partial charge in [-0.05, 0) is 42.3 Å². The van der Waals surface area contributed by atoms with Gasteiger partial charge in [-0.3, -0.25) is 9.36 Å². The van der Waals surface area contributed by atoms with Crippen molar-refractivity contribution in [2.75, 3.05) is 6.79 Å². The number of fused-ring (bicyclic) bond motifs is 2. The van der Waals surface area contributed by atoms with Crippen molar-refractivity contribution in [2.24, 2.45) is 0 Å². The van der Waals surface area contributed by atoms with Crippen molar-refractivity contribution in [3.05, 3.63) is 64.2 Å². The Morgan fingerprint density at radius 3 is 2.85 bits per heavy atom. The molecule has 0 saturated heterocycles. The zero-order valence-electron chi connectivity index (χ0n) is 14.6. The molecule has 1 aliphatic rings. The van der Waals surface area contributed by atoms with Crippen LogP contribution in [0.25, 0.3) is 23.1 Å². The van der Waals surface area contributed by atoms with Gasteiger partial charge in [0.2, 0.25) is 6.79 Å². The lowest BCUT2D eigenvalue weighted by Gasteiger charge is -2.10. The predicted octanol–water partition coefficient (Wildman–Crippen LogP) is 4.10. The molecule has 1 aliphatic heterocycles. The van der Waals surface area contributed by atoms with E-state index < -0.39 is 0 Å². The third-order valence-electron chi connectivity index (χ3n) is 4.45. The lowest BCUT2D eigenvalue weighted by Crippen LogP contribution is -2.24. The van der Waals surface area contributed by atoms with Gasteiger partial charge in [0.25, 0.3) is 5.56 Å². The molecule has 0 fully saturated rings. The summed E-state index contributed by atoms with van der Waals surface area (Å²) < 4.78 is 12.5. The molecular weight excluding hydrogens is 328 g/mol. The van der Waals surface area contributed by atoms with Gasteiger partial charge in [-0.15, -0.1) is 0 Å². The van der Waals surface area contributed by atoms with Crippen LogP contribution in [-0.2, 0) is 6.54 Å². The summed E-state index contributed by atoms with van der Waals surface area (Å²) in [6.45, 7) is 3.03. The summed E-state index contributed by atoms with van der Waals surface area (Å²) in [5.74, 6) is 2.16. The molecule has 0 N–H and O–H groups in total. The highest BCUT2D eigenvalue weighted by atomic mass is 16.7. The number of nitrogens with zero attached hydrogens (tertiary/aromatic N) is 2. The molecular formula is C21H20N2O3. The average Bonchev–Trinajstić information content (AvgIpc) is 3.14. The highest BCUT2D eigenvalue weighted by Crippen LogP contribution is 2.32. The van der Waals surface area contributed by atoms with Crippen LogP contribution in [0.4, 0.5) is 0 Å². The number of unbranched alkanes of at least 4 members (excludes halogenated alkanes) is 1. The lowest BCUT2D eigenvalue weighted by molar-refractivity contribution is 0.174. The summed E-state index contributed by atoms with van der Waals surface area (Å²) in [4.78, 5) is 17.6. The highest BCUT2D eigenvalue weighted by molar-refractivity contribution is 5.79. The van der Waals surface area contributed by atoms with Crippen LogP contribution < -0.4 is 15.0 Å². The van der Waals surface area contributed by atoms with E-state index in [1.807, 2.05) is 54.6 Å². The van der Waals surface area contributed by atoms with Gasteiger partial charge < -0.3 is 9.47 Å². The molecule has 2 heterocycles. The van der Waals surface area contributed by atoms with Crippen LogP contribution in [0.15, 0.2) is 47.3 Å². The number of para-hydroxylation sites is 1. The van der Waals surface area contributed by atoms with E-state index in [1.165, 1.54) is 0 Å². The lowest BCUT2D eigenvalue weighted by atomic mass is 10.2. The second-order valence-corrected chi connectivity index (χ2v) is 6.24. The smallest absolute Gasteiger partial charge is 0.261 e. The van der Waals surface area contributed by atoms with Gasteiger partial charge in [0.15, 0.2) is 11.5 Å². The minimum Gasteiger partial charge on any atom is -0.454 e. The first-order valence-electron chi connectivity index (χ1n) is 8.83. The molecule has 0 radical (unpaired) electrons. The van der Waals surface area contributed by atoms with E-state index in [0.717, 1.165) is 35.4 Å². The summed E-state index contributed by atoms with van der Waals surface area (Å²) in [6.07, 6.45) is 5.79. The van der Waals surface area contributed by atoms with Crippen LogP contribution in [0.1, 0.15) is 31.2 Å². The Morgan fingerprint density at radius 2 is 1.96 bits per heavy atom. The molecule has 5 nitrogen and oxygen atoms in total. The minimum atomic E-state index is 0.00869. The zero-order chi connectivity index (χ0) is 17.9. The average molecular weight is 348 g/mol. The number of ether oxygens (including phenoxy) is 2. The number of hydrogen-bond acceptors (Lipinski definition) is 4. The molecule has 3 aromatic rings. The van der Waals surface area contributed by atoms with Crippen LogP contribution in [0, 0.1) is 0 Å². The molecule has 0 aliphatic carbocycles. The van der Waals surface area contributed by atoms with Crippen molar-refractivity contribution in [1.29, 1.82) is 0 Å². The van der Waals surface area contributed by atoms with Crippen LogP contribution in [-0.4, -0.2) is 16.3 Å². The fraction of sp³-hybridized carbons (Fsp3) is 0.238. The Kier molecular flexibility index (Phi) is 4.44. The monoisotopic (exact) mass is 348 g/mol. The van der Waals surface area contributed by atoms with Gasteiger partial charge in [0.1, 0.15) is 5.82 Å². The van der Waals surface area contributed by atoms with Crippen LogP contribution in [0.3, 0.4) is 0 Å². The largest absolute Gasteiger partial charge is 0.454 e. The van der Waals surface area contributed by atoms with E-state index in [9.17, 15) is 4.79 Å². The van der Waals surface area contributed by atoms with E-state index in [-0.39, 0.29) is 12.4 Å². The van der Waals surface area contributed by atoms with E-state index >= 15 is 0 Å². The first kappa shape index (κ1) is 16.4. The molecule has 5 heteroatoms. The van der Waals surface area contributed by atoms with Crippen molar-refractivity contribution in [1.82, 2.24) is 9.55 Å². The zero-order valence-corrected chi connectivity index (χ0v) is 14.6. The van der Waals surface area contributed by atoms with Crippen molar-refractivity contribution in [3.63, 3.8) is 0 Å². The molecule has 4 rings (SSSR count). The third kappa shape index (κ3) is 3.08. The van der Waals surface area contributed by atoms with Gasteiger partial charge in [0, 0.05) is 6.54 Å². The van der Waals surface area contributed by atoms with Crippen molar-refractivity contribution in [2.45, 2.75) is 26.3 Å². The maximum Gasteiger partial charge on any atom is 0.261 e. The van der Waals surface area contributed by atoms with Gasteiger partial charge in [-0.1, -0.05) is 37.6 Å². The summed E-state index contributed by atoms with van der Waals surface area (Å²) in [5.41, 5.74) is 1.70. The molecule has 1 aromatic heterocycles. The number of benzene rings is 2. The quantitative estimate of drug-likeness (QED) is 0.697. The third-order valence-corrected chi connectivity index (χ3v) is 4.45. The SMILES string of the molecule is CCCCn1c(/C=C/c2ccc3c(c2)OCO3)nc2ccccc2c1=O. The fourth-order valence-corrected chi connectivity index (χ4v) is 3.03. The fourth-order valence-electron chi connectivity index (χ4n) is 3.03. The second-order valence-electron chi connectivity index (χ2n) is 6.24. The maximum absolute atomic E-state index is 12.9. The van der Waals surface area contributed by atoms with Crippen LogP contribution in [0.2, 0.25) is 0 Å². The van der Waals surface area contributed by atoms with Gasteiger partial charge >= 0.3 is 0 Å². The van der Waals surface area contributed by atoms with E-state index in [0.29, 0.717) is 17.8 Å².